The highest BCUT2D eigenvalue weighted by atomic mass is 32.2. The zero-order chi connectivity index (χ0) is 7.40. The average molecular weight is 160 g/mol. The Kier molecular flexibility index (Phi) is 3.57. The van der Waals surface area contributed by atoms with E-state index in [-0.39, 0.29) is 0 Å². The van der Waals surface area contributed by atoms with Gasteiger partial charge in [-0.05, 0) is 25.5 Å². The maximum atomic E-state index is 5.64. The van der Waals surface area contributed by atoms with Crippen LogP contribution in [0.5, 0.6) is 0 Å². The Morgan fingerprint density at radius 3 is 2.80 bits per heavy atom. The second-order valence-electron chi connectivity index (χ2n) is 2.81. The summed E-state index contributed by atoms with van der Waals surface area (Å²) in [7, 11) is 0. The molecule has 0 unspecified atom stereocenters. The van der Waals surface area contributed by atoms with Crippen LogP contribution in [0.4, 0.5) is 0 Å². The SMILES string of the molecule is CCSC[C@@H]1CC[C@H](C)O1. The molecule has 0 amide bonds. The van der Waals surface area contributed by atoms with Gasteiger partial charge in [0, 0.05) is 5.75 Å². The summed E-state index contributed by atoms with van der Waals surface area (Å²) in [6.07, 6.45) is 3.60. The molecular weight excluding hydrogens is 144 g/mol. The maximum absolute atomic E-state index is 5.64. The quantitative estimate of drug-likeness (QED) is 0.626. The van der Waals surface area contributed by atoms with Crippen LogP contribution in [0.15, 0.2) is 0 Å². The highest BCUT2D eigenvalue weighted by Crippen LogP contribution is 2.21. The molecule has 1 saturated heterocycles. The first-order chi connectivity index (χ1) is 4.83. The molecule has 0 aromatic rings. The Morgan fingerprint density at radius 2 is 2.30 bits per heavy atom. The highest BCUT2D eigenvalue weighted by molar-refractivity contribution is 7.99. The van der Waals surface area contributed by atoms with Gasteiger partial charge >= 0.3 is 0 Å². The molecule has 1 nitrogen and oxygen atoms in total. The van der Waals surface area contributed by atoms with Crippen LogP contribution in [-0.2, 0) is 4.74 Å². The van der Waals surface area contributed by atoms with Crippen LogP contribution in [0, 0.1) is 0 Å². The van der Waals surface area contributed by atoms with Crippen LogP contribution >= 0.6 is 11.8 Å². The fourth-order valence-corrected chi connectivity index (χ4v) is 2.00. The summed E-state index contributed by atoms with van der Waals surface area (Å²) in [6.45, 7) is 4.36. The number of ether oxygens (including phenoxy) is 1. The van der Waals surface area contributed by atoms with Crippen molar-refractivity contribution in [2.45, 2.75) is 38.9 Å². The first-order valence-electron chi connectivity index (χ1n) is 4.06. The Bertz CT molecular complexity index is 95.3. The first-order valence-corrected chi connectivity index (χ1v) is 5.21. The lowest BCUT2D eigenvalue weighted by atomic mass is 10.2. The second-order valence-corrected chi connectivity index (χ2v) is 4.12. The van der Waals surface area contributed by atoms with Crippen molar-refractivity contribution in [2.24, 2.45) is 0 Å². The van der Waals surface area contributed by atoms with Gasteiger partial charge in [-0.15, -0.1) is 0 Å². The Balaban J connectivity index is 2.06. The van der Waals surface area contributed by atoms with E-state index in [4.69, 9.17) is 4.74 Å². The predicted molar refractivity (Wildman–Crippen MR) is 46.6 cm³/mol. The Labute approximate surface area is 67.5 Å². The van der Waals surface area contributed by atoms with Crippen LogP contribution in [0.3, 0.4) is 0 Å². The van der Waals surface area contributed by atoms with Crippen LogP contribution in [-0.4, -0.2) is 23.7 Å². The normalized spacial score (nSPS) is 33.0. The van der Waals surface area contributed by atoms with Crippen LogP contribution < -0.4 is 0 Å². The third-order valence-corrected chi connectivity index (χ3v) is 2.84. The van der Waals surface area contributed by atoms with Crippen molar-refractivity contribution in [1.29, 1.82) is 0 Å². The van der Waals surface area contributed by atoms with Gasteiger partial charge in [0.25, 0.3) is 0 Å². The molecule has 0 aromatic heterocycles. The lowest BCUT2D eigenvalue weighted by Gasteiger charge is -2.08. The molecule has 2 atom stereocenters. The lowest BCUT2D eigenvalue weighted by Crippen LogP contribution is -2.10. The minimum Gasteiger partial charge on any atom is -0.374 e. The molecule has 1 fully saturated rings. The van der Waals surface area contributed by atoms with Gasteiger partial charge in [0.15, 0.2) is 0 Å². The van der Waals surface area contributed by atoms with Crippen LogP contribution in [0.2, 0.25) is 0 Å². The van der Waals surface area contributed by atoms with Crippen LogP contribution in [0.1, 0.15) is 26.7 Å². The van der Waals surface area contributed by atoms with Gasteiger partial charge in [0.2, 0.25) is 0 Å². The van der Waals surface area contributed by atoms with E-state index in [9.17, 15) is 0 Å². The van der Waals surface area contributed by atoms with E-state index in [0.717, 1.165) is 0 Å². The Hall–Kier alpha value is 0.310. The third kappa shape index (κ3) is 2.51. The van der Waals surface area contributed by atoms with Gasteiger partial charge in [-0.25, -0.2) is 0 Å². The minimum atomic E-state index is 0.516. The molecule has 0 bridgehead atoms. The predicted octanol–water partition coefficient (Wildman–Crippen LogP) is 2.31. The van der Waals surface area contributed by atoms with Gasteiger partial charge < -0.3 is 4.74 Å². The van der Waals surface area contributed by atoms with Gasteiger partial charge in [0.05, 0.1) is 12.2 Å². The summed E-state index contributed by atoms with van der Waals surface area (Å²) < 4.78 is 5.64. The number of hydrogen-bond donors (Lipinski definition) is 0. The number of thioether (sulfide) groups is 1. The maximum Gasteiger partial charge on any atom is 0.0670 e. The van der Waals surface area contributed by atoms with E-state index in [0.29, 0.717) is 12.2 Å². The van der Waals surface area contributed by atoms with Crippen LogP contribution in [0.25, 0.3) is 0 Å². The highest BCUT2D eigenvalue weighted by Gasteiger charge is 2.20. The monoisotopic (exact) mass is 160 g/mol. The molecule has 1 aliphatic heterocycles. The molecule has 1 aliphatic rings. The fraction of sp³-hybridized carbons (Fsp3) is 1.00. The van der Waals surface area contributed by atoms with Gasteiger partial charge in [-0.3, -0.25) is 0 Å². The summed E-state index contributed by atoms with van der Waals surface area (Å²) in [5.41, 5.74) is 0. The topological polar surface area (TPSA) is 9.23 Å². The molecule has 60 valence electrons. The van der Waals surface area contributed by atoms with Gasteiger partial charge in [-0.2, -0.15) is 11.8 Å². The molecule has 1 heterocycles. The largest absolute Gasteiger partial charge is 0.374 e. The summed E-state index contributed by atoms with van der Waals surface area (Å²) in [5.74, 6) is 2.41. The zero-order valence-corrected chi connectivity index (χ0v) is 7.62. The van der Waals surface area contributed by atoms with Gasteiger partial charge in [-0.1, -0.05) is 6.92 Å². The molecule has 0 N–H and O–H groups in total. The lowest BCUT2D eigenvalue weighted by molar-refractivity contribution is 0.0700. The molecule has 0 radical (unpaired) electrons. The average Bonchev–Trinajstić information content (AvgIpc) is 2.31. The van der Waals surface area contributed by atoms with Crippen molar-refractivity contribution in [3.05, 3.63) is 0 Å². The molecular formula is C8H16OS. The van der Waals surface area contributed by atoms with Crippen molar-refractivity contribution >= 4 is 11.8 Å². The molecule has 0 saturated carbocycles. The van der Waals surface area contributed by atoms with E-state index in [1.54, 1.807) is 0 Å². The molecule has 0 spiro atoms. The van der Waals surface area contributed by atoms with Crippen molar-refractivity contribution < 1.29 is 4.74 Å². The van der Waals surface area contributed by atoms with E-state index >= 15 is 0 Å². The van der Waals surface area contributed by atoms with Crippen molar-refractivity contribution in [2.75, 3.05) is 11.5 Å². The molecule has 2 heteroatoms. The number of rotatable bonds is 3. The Morgan fingerprint density at radius 1 is 1.50 bits per heavy atom. The van der Waals surface area contributed by atoms with Crippen molar-refractivity contribution in [3.63, 3.8) is 0 Å². The van der Waals surface area contributed by atoms with Crippen molar-refractivity contribution in [3.8, 4) is 0 Å². The molecule has 0 aromatic carbocycles. The van der Waals surface area contributed by atoms with Crippen molar-refractivity contribution in [1.82, 2.24) is 0 Å². The summed E-state index contributed by atoms with van der Waals surface area (Å²) in [6, 6.07) is 0. The third-order valence-electron chi connectivity index (χ3n) is 1.83. The van der Waals surface area contributed by atoms with Gasteiger partial charge in [0.1, 0.15) is 0 Å². The van der Waals surface area contributed by atoms with E-state index in [1.807, 2.05) is 11.8 Å². The first kappa shape index (κ1) is 8.41. The molecule has 0 aliphatic carbocycles. The zero-order valence-electron chi connectivity index (χ0n) is 6.80. The minimum absolute atomic E-state index is 0.516. The van der Waals surface area contributed by atoms with E-state index in [2.05, 4.69) is 13.8 Å². The molecule has 1 rings (SSSR count). The van der Waals surface area contributed by atoms with E-state index < -0.39 is 0 Å². The summed E-state index contributed by atoms with van der Waals surface area (Å²) in [5, 5.41) is 0. The second kappa shape index (κ2) is 4.24. The molecule has 10 heavy (non-hydrogen) atoms. The number of hydrogen-bond acceptors (Lipinski definition) is 2. The summed E-state index contributed by atoms with van der Waals surface area (Å²) in [4.78, 5) is 0. The fourth-order valence-electron chi connectivity index (χ4n) is 1.26. The standard InChI is InChI=1S/C8H16OS/c1-3-10-6-8-5-4-7(2)9-8/h7-8H,3-6H2,1-2H3/t7-,8-/m0/s1. The van der Waals surface area contributed by atoms with E-state index in [1.165, 1.54) is 24.3 Å². The summed E-state index contributed by atoms with van der Waals surface area (Å²) >= 11 is 1.98. The smallest absolute Gasteiger partial charge is 0.0670 e.